The lowest BCUT2D eigenvalue weighted by atomic mass is 10.00. The van der Waals surface area contributed by atoms with Gasteiger partial charge in [-0.3, -0.25) is 0 Å². The van der Waals surface area contributed by atoms with Crippen molar-refractivity contribution < 1.29 is 9.90 Å². The molecule has 0 amide bonds. The van der Waals surface area contributed by atoms with E-state index in [4.69, 9.17) is 0 Å². The quantitative estimate of drug-likeness (QED) is 0.939. The van der Waals surface area contributed by atoms with Gasteiger partial charge in [-0.15, -0.1) is 15.0 Å². The summed E-state index contributed by atoms with van der Waals surface area (Å²) in [6.07, 6.45) is 4.30. The van der Waals surface area contributed by atoms with E-state index in [1.807, 2.05) is 31.2 Å². The number of aromatic carboxylic acids is 1. The largest absolute Gasteiger partial charge is 0.476 e. The van der Waals surface area contributed by atoms with Crippen LogP contribution in [0.15, 0.2) is 24.3 Å². The standard InChI is InChI=1S/C17H22N4O2/c1-3-13-9-6-7-11-20(13)16-15(17(22)23)18-21(19-16)14-10-5-4-8-12(14)2/h4-5,8,10,13H,3,6-7,9,11H2,1-2H3,(H,22,23)/t13-/m0/s1. The SMILES string of the molecule is CC[C@H]1CCCCN1c1nn(-c2ccccc2C)nc1C(=O)O. The number of benzene rings is 1. The van der Waals surface area contributed by atoms with Gasteiger partial charge < -0.3 is 10.0 Å². The van der Waals surface area contributed by atoms with Crippen LogP contribution in [0.5, 0.6) is 0 Å². The minimum atomic E-state index is -1.03. The van der Waals surface area contributed by atoms with Gasteiger partial charge >= 0.3 is 5.97 Å². The number of piperidine rings is 1. The van der Waals surface area contributed by atoms with Gasteiger partial charge in [0.25, 0.3) is 0 Å². The Kier molecular flexibility index (Phi) is 4.32. The Morgan fingerprint density at radius 3 is 2.78 bits per heavy atom. The summed E-state index contributed by atoms with van der Waals surface area (Å²) in [5, 5.41) is 18.3. The minimum Gasteiger partial charge on any atom is -0.476 e. The summed E-state index contributed by atoms with van der Waals surface area (Å²) < 4.78 is 0. The smallest absolute Gasteiger partial charge is 0.360 e. The van der Waals surface area contributed by atoms with Crippen molar-refractivity contribution in [1.82, 2.24) is 15.0 Å². The number of hydrogen-bond donors (Lipinski definition) is 1. The first-order valence-corrected chi connectivity index (χ1v) is 8.15. The molecule has 0 saturated carbocycles. The molecule has 0 unspecified atom stereocenters. The third-order valence-corrected chi connectivity index (χ3v) is 4.50. The summed E-state index contributed by atoms with van der Waals surface area (Å²) in [7, 11) is 0. The lowest BCUT2D eigenvalue weighted by Crippen LogP contribution is -2.40. The second kappa shape index (κ2) is 6.40. The van der Waals surface area contributed by atoms with Crippen LogP contribution in [0.4, 0.5) is 5.82 Å². The van der Waals surface area contributed by atoms with E-state index >= 15 is 0 Å². The summed E-state index contributed by atoms with van der Waals surface area (Å²) in [6.45, 7) is 4.94. The molecule has 2 aromatic rings. The number of carboxylic acid groups (broad SMARTS) is 1. The Morgan fingerprint density at radius 1 is 1.30 bits per heavy atom. The number of nitrogens with zero attached hydrogens (tertiary/aromatic N) is 4. The normalized spacial score (nSPS) is 18.2. The molecule has 1 N–H and O–H groups in total. The molecule has 122 valence electrons. The molecular formula is C17H22N4O2. The second-order valence-corrected chi connectivity index (χ2v) is 6.00. The van der Waals surface area contributed by atoms with Gasteiger partial charge in [0.1, 0.15) is 0 Å². The summed E-state index contributed by atoms with van der Waals surface area (Å²) >= 11 is 0. The Balaban J connectivity index is 2.06. The van der Waals surface area contributed by atoms with Gasteiger partial charge in [-0.2, -0.15) is 0 Å². The van der Waals surface area contributed by atoms with Gasteiger partial charge in [0.15, 0.2) is 5.82 Å². The molecule has 1 fully saturated rings. The highest BCUT2D eigenvalue weighted by Crippen LogP contribution is 2.28. The van der Waals surface area contributed by atoms with Crippen LogP contribution in [0.1, 0.15) is 48.7 Å². The molecule has 0 radical (unpaired) electrons. The Morgan fingerprint density at radius 2 is 2.09 bits per heavy atom. The van der Waals surface area contributed by atoms with Gasteiger partial charge in [-0.1, -0.05) is 25.1 Å². The van der Waals surface area contributed by atoms with Crippen molar-refractivity contribution in [2.75, 3.05) is 11.4 Å². The average molecular weight is 314 g/mol. The first-order chi connectivity index (χ1) is 11.1. The molecule has 3 rings (SSSR count). The van der Waals surface area contributed by atoms with E-state index in [-0.39, 0.29) is 5.69 Å². The molecule has 2 heterocycles. The number of aryl methyl sites for hydroxylation is 1. The van der Waals surface area contributed by atoms with E-state index in [1.165, 1.54) is 11.2 Å². The maximum atomic E-state index is 11.6. The molecule has 23 heavy (non-hydrogen) atoms. The fourth-order valence-electron chi connectivity index (χ4n) is 3.23. The minimum absolute atomic E-state index is 0.0357. The highest BCUT2D eigenvalue weighted by atomic mass is 16.4. The van der Waals surface area contributed by atoms with Gasteiger partial charge in [0, 0.05) is 12.6 Å². The molecule has 1 aliphatic rings. The van der Waals surface area contributed by atoms with Crippen LogP contribution in [0.2, 0.25) is 0 Å². The number of para-hydroxylation sites is 1. The molecule has 6 nitrogen and oxygen atoms in total. The van der Waals surface area contributed by atoms with Crippen molar-refractivity contribution in [2.24, 2.45) is 0 Å². The van der Waals surface area contributed by atoms with Crippen LogP contribution in [-0.2, 0) is 0 Å². The zero-order valence-corrected chi connectivity index (χ0v) is 13.6. The lowest BCUT2D eigenvalue weighted by Gasteiger charge is -2.35. The average Bonchev–Trinajstić information content (AvgIpc) is 3.00. The zero-order chi connectivity index (χ0) is 16.4. The van der Waals surface area contributed by atoms with Crippen molar-refractivity contribution in [3.05, 3.63) is 35.5 Å². The van der Waals surface area contributed by atoms with E-state index in [1.54, 1.807) is 0 Å². The van der Waals surface area contributed by atoms with Gasteiger partial charge in [-0.05, 0) is 44.2 Å². The molecule has 1 aromatic carbocycles. The highest BCUT2D eigenvalue weighted by Gasteiger charge is 2.29. The maximum Gasteiger partial charge on any atom is 0.360 e. The summed E-state index contributed by atoms with van der Waals surface area (Å²) in [6, 6.07) is 8.05. The zero-order valence-electron chi connectivity index (χ0n) is 13.6. The van der Waals surface area contributed by atoms with E-state index < -0.39 is 5.97 Å². The first-order valence-electron chi connectivity index (χ1n) is 8.15. The van der Waals surface area contributed by atoms with Crippen LogP contribution in [0.25, 0.3) is 5.69 Å². The molecule has 0 bridgehead atoms. The van der Waals surface area contributed by atoms with Gasteiger partial charge in [0.05, 0.1) is 5.69 Å². The van der Waals surface area contributed by atoms with Crippen molar-refractivity contribution in [3.8, 4) is 5.69 Å². The monoisotopic (exact) mass is 314 g/mol. The Hall–Kier alpha value is -2.37. The summed E-state index contributed by atoms with van der Waals surface area (Å²) in [4.78, 5) is 15.2. The van der Waals surface area contributed by atoms with Crippen molar-refractivity contribution >= 4 is 11.8 Å². The highest BCUT2D eigenvalue weighted by molar-refractivity contribution is 5.91. The number of hydrogen-bond acceptors (Lipinski definition) is 4. The van der Waals surface area contributed by atoms with Gasteiger partial charge in [0.2, 0.25) is 5.69 Å². The molecule has 1 atom stereocenters. The predicted molar refractivity (Wildman–Crippen MR) is 88.3 cm³/mol. The molecule has 6 heteroatoms. The Labute approximate surface area is 135 Å². The number of rotatable bonds is 4. The Bertz CT molecular complexity index is 710. The second-order valence-electron chi connectivity index (χ2n) is 6.00. The first kappa shape index (κ1) is 15.5. The van der Waals surface area contributed by atoms with Gasteiger partial charge in [-0.25, -0.2) is 4.79 Å². The topological polar surface area (TPSA) is 71.2 Å². The van der Waals surface area contributed by atoms with Crippen LogP contribution in [0.3, 0.4) is 0 Å². The summed E-state index contributed by atoms with van der Waals surface area (Å²) in [5.41, 5.74) is 1.86. The van der Waals surface area contributed by atoms with Crippen LogP contribution in [-0.4, -0.2) is 38.7 Å². The van der Waals surface area contributed by atoms with Crippen LogP contribution in [0, 0.1) is 6.92 Å². The maximum absolute atomic E-state index is 11.6. The number of carboxylic acids is 1. The molecule has 1 saturated heterocycles. The number of anilines is 1. The molecule has 1 aromatic heterocycles. The molecular weight excluding hydrogens is 292 g/mol. The summed E-state index contributed by atoms with van der Waals surface area (Å²) in [5.74, 6) is -0.535. The number of aromatic nitrogens is 3. The fourth-order valence-corrected chi connectivity index (χ4v) is 3.23. The van der Waals surface area contributed by atoms with E-state index in [0.717, 1.165) is 37.1 Å². The van der Waals surface area contributed by atoms with Crippen molar-refractivity contribution in [2.45, 2.75) is 45.6 Å². The third-order valence-electron chi connectivity index (χ3n) is 4.50. The fraction of sp³-hybridized carbons (Fsp3) is 0.471. The van der Waals surface area contributed by atoms with Crippen molar-refractivity contribution in [1.29, 1.82) is 0 Å². The van der Waals surface area contributed by atoms with E-state index in [9.17, 15) is 9.90 Å². The molecule has 0 aliphatic carbocycles. The molecule has 0 spiro atoms. The van der Waals surface area contributed by atoms with Crippen LogP contribution >= 0.6 is 0 Å². The predicted octanol–water partition coefficient (Wildman–Crippen LogP) is 3.04. The van der Waals surface area contributed by atoms with Crippen LogP contribution < -0.4 is 4.90 Å². The lowest BCUT2D eigenvalue weighted by molar-refractivity contribution is 0.0690. The molecule has 1 aliphatic heterocycles. The van der Waals surface area contributed by atoms with E-state index in [2.05, 4.69) is 22.0 Å². The third kappa shape index (κ3) is 2.93. The van der Waals surface area contributed by atoms with Crippen molar-refractivity contribution in [3.63, 3.8) is 0 Å². The van der Waals surface area contributed by atoms with E-state index in [0.29, 0.717) is 11.9 Å². The number of carbonyl (C=O) groups is 1.